The Balaban J connectivity index is 0.000000900. The molecule has 0 saturated carbocycles. The number of nitrogens with zero attached hydrogens (tertiary/aromatic N) is 1. The van der Waals surface area contributed by atoms with Gasteiger partial charge in [-0.05, 0) is 49.6 Å². The number of hydrogen-bond donors (Lipinski definition) is 4. The molecule has 0 spiro atoms. The molecule has 0 saturated heterocycles. The van der Waals surface area contributed by atoms with E-state index in [1.165, 1.54) is 18.2 Å². The number of anilines is 1. The Kier molecular flexibility index (Phi) is 12.2. The van der Waals surface area contributed by atoms with Crippen LogP contribution in [0.3, 0.4) is 0 Å². The van der Waals surface area contributed by atoms with E-state index in [2.05, 4.69) is 0 Å². The third-order valence-corrected chi connectivity index (χ3v) is 8.47. The fraction of sp³-hybridized carbons (Fsp3) is 0.250. The zero-order valence-electron chi connectivity index (χ0n) is 24.0. The number of halogens is 3. The Morgan fingerprint density at radius 3 is 2.07 bits per heavy atom. The summed E-state index contributed by atoms with van der Waals surface area (Å²) >= 11 is 0. The molecule has 3 rings (SSSR count). The summed E-state index contributed by atoms with van der Waals surface area (Å²) in [5.41, 5.74) is 7.81. The monoisotopic (exact) mass is 672 g/mol. The number of carboxylic acid groups (broad SMARTS) is 1. The molecule has 0 aliphatic carbocycles. The van der Waals surface area contributed by atoms with Gasteiger partial charge in [-0.15, -0.1) is 0 Å². The number of aryl methyl sites for hydroxylation is 1. The molecule has 0 unspecified atom stereocenters. The number of carbonyl (C=O) groups excluding carboxylic acids is 1. The third-order valence-electron chi connectivity index (χ3n) is 5.77. The molecule has 3 aromatic carbocycles. The first-order valence-corrected chi connectivity index (χ1v) is 16.0. The Labute approximate surface area is 258 Å². The summed E-state index contributed by atoms with van der Waals surface area (Å²) in [7, 11) is -7.94. The molecule has 0 aromatic heterocycles. The summed E-state index contributed by atoms with van der Waals surface area (Å²) in [5.74, 6) is -4.03. The number of carbonyl (C=O) groups is 2. The third kappa shape index (κ3) is 11.2. The minimum absolute atomic E-state index is 0.00737. The van der Waals surface area contributed by atoms with Gasteiger partial charge in [-0.1, -0.05) is 54.6 Å². The van der Waals surface area contributed by atoms with E-state index in [9.17, 15) is 34.8 Å². The van der Waals surface area contributed by atoms with E-state index in [0.717, 1.165) is 4.31 Å². The van der Waals surface area contributed by atoms with Crippen LogP contribution >= 0.6 is 0 Å². The molecule has 12 nitrogen and oxygen atoms in total. The highest BCUT2D eigenvalue weighted by molar-refractivity contribution is 7.92. The van der Waals surface area contributed by atoms with Gasteiger partial charge in [0.05, 0.1) is 22.4 Å². The lowest BCUT2D eigenvalue weighted by Gasteiger charge is -2.24. The van der Waals surface area contributed by atoms with Crippen molar-refractivity contribution >= 4 is 43.5 Å². The van der Waals surface area contributed by atoms with Gasteiger partial charge < -0.3 is 15.6 Å². The van der Waals surface area contributed by atoms with Crippen LogP contribution in [0.15, 0.2) is 77.7 Å². The molecular weight excluding hydrogens is 641 g/mol. The van der Waals surface area contributed by atoms with Gasteiger partial charge in [-0.3, -0.25) is 14.5 Å². The van der Waals surface area contributed by atoms with Crippen LogP contribution in [0.4, 0.5) is 18.9 Å². The highest BCUT2D eigenvalue weighted by Gasteiger charge is 2.38. The normalized spacial score (nSPS) is 11.7. The van der Waals surface area contributed by atoms with Crippen LogP contribution in [0, 0.1) is 5.41 Å². The molecule has 0 heterocycles. The Morgan fingerprint density at radius 2 is 1.56 bits per heavy atom. The van der Waals surface area contributed by atoms with E-state index in [1.807, 2.05) is 0 Å². The van der Waals surface area contributed by atoms with Crippen LogP contribution in [0.1, 0.15) is 25.0 Å². The molecule has 0 amide bonds. The van der Waals surface area contributed by atoms with Crippen LogP contribution < -0.4 is 15.2 Å². The average molecular weight is 673 g/mol. The number of sulfonamides is 2. The highest BCUT2D eigenvalue weighted by Crippen LogP contribution is 2.27. The number of alkyl halides is 3. The summed E-state index contributed by atoms with van der Waals surface area (Å²) < 4.78 is 88.5. The number of aliphatic carboxylic acids is 1. The van der Waals surface area contributed by atoms with Crippen LogP contribution in [0.2, 0.25) is 0 Å². The Morgan fingerprint density at radius 1 is 0.978 bits per heavy atom. The summed E-state index contributed by atoms with van der Waals surface area (Å²) in [6, 6.07) is 19.2. The van der Waals surface area contributed by atoms with Gasteiger partial charge in [-0.2, -0.15) is 13.2 Å². The van der Waals surface area contributed by atoms with Crippen molar-refractivity contribution in [3.05, 3.63) is 83.9 Å². The number of primary sulfonamides is 1. The molecular formula is C28H31F3N4O8S2. The van der Waals surface area contributed by atoms with E-state index >= 15 is 0 Å². The second kappa shape index (κ2) is 15.0. The van der Waals surface area contributed by atoms with E-state index in [0.29, 0.717) is 22.3 Å². The van der Waals surface area contributed by atoms with Crippen LogP contribution in [0.5, 0.6) is 0 Å². The van der Waals surface area contributed by atoms with Crippen LogP contribution in [-0.4, -0.2) is 64.3 Å². The molecule has 0 fully saturated rings. The molecule has 45 heavy (non-hydrogen) atoms. The number of amidine groups is 1. The van der Waals surface area contributed by atoms with Crippen molar-refractivity contribution in [1.29, 1.82) is 5.41 Å². The van der Waals surface area contributed by atoms with Crippen molar-refractivity contribution in [3.63, 3.8) is 0 Å². The number of hydrogen-bond acceptors (Lipinski definition) is 8. The predicted octanol–water partition coefficient (Wildman–Crippen LogP) is 3.25. The summed E-state index contributed by atoms with van der Waals surface area (Å²) in [4.78, 5) is 21.3. The van der Waals surface area contributed by atoms with Crippen molar-refractivity contribution in [2.24, 2.45) is 10.9 Å². The predicted molar refractivity (Wildman–Crippen MR) is 160 cm³/mol. The van der Waals surface area contributed by atoms with Crippen molar-refractivity contribution in [3.8, 4) is 11.1 Å². The first-order chi connectivity index (χ1) is 20.7. The average Bonchev–Trinajstić information content (AvgIpc) is 2.94. The Bertz CT molecular complexity index is 1750. The number of nitrogens with one attached hydrogen (secondary N) is 1. The van der Waals surface area contributed by atoms with E-state index < -0.39 is 50.8 Å². The van der Waals surface area contributed by atoms with Gasteiger partial charge in [0.25, 0.3) is 0 Å². The number of carboxylic acids is 1. The van der Waals surface area contributed by atoms with Gasteiger partial charge in [0.15, 0.2) is 0 Å². The van der Waals surface area contributed by atoms with Gasteiger partial charge in [-0.25, -0.2) is 26.8 Å². The van der Waals surface area contributed by atoms with Crippen molar-refractivity contribution < 1.29 is 49.4 Å². The second-order valence-corrected chi connectivity index (χ2v) is 13.2. The topological polar surface area (TPSA) is 211 Å². The molecule has 3 aromatic rings. The maximum Gasteiger partial charge on any atom is 0.490 e. The lowest BCUT2D eigenvalue weighted by Crippen LogP contribution is -2.39. The fourth-order valence-corrected chi connectivity index (χ4v) is 5.97. The minimum atomic E-state index is -5.08. The van der Waals surface area contributed by atoms with Crippen LogP contribution in [0.25, 0.3) is 11.1 Å². The Hall–Kier alpha value is -4.48. The summed E-state index contributed by atoms with van der Waals surface area (Å²) in [6.07, 6.45) is -5.38. The zero-order valence-corrected chi connectivity index (χ0v) is 25.6. The quantitative estimate of drug-likeness (QED) is 0.134. The molecule has 0 aliphatic rings. The number of esters is 1. The number of benzene rings is 3. The highest BCUT2D eigenvalue weighted by atomic mass is 32.2. The zero-order chi connectivity index (χ0) is 34.2. The number of nitrogen functional groups attached to an aromatic ring is 1. The smallest absolute Gasteiger partial charge is 0.475 e. The SMILES string of the molecule is CC(C)OC(=O)CN(c1cccc(C(=N)N)c1)S(=O)(=O)CCc1ccc(-c2ccccc2S(N)(=O)=O)cc1.O=C(O)C(F)(F)F. The molecule has 0 aliphatic heterocycles. The van der Waals surface area contributed by atoms with Gasteiger partial charge >= 0.3 is 18.1 Å². The lowest BCUT2D eigenvalue weighted by molar-refractivity contribution is -0.192. The van der Waals surface area contributed by atoms with E-state index in [-0.39, 0.29) is 28.6 Å². The van der Waals surface area contributed by atoms with E-state index in [1.54, 1.807) is 68.4 Å². The van der Waals surface area contributed by atoms with Crippen molar-refractivity contribution in [1.82, 2.24) is 0 Å². The number of rotatable bonds is 11. The van der Waals surface area contributed by atoms with E-state index in [4.69, 9.17) is 30.9 Å². The standard InChI is InChI=1S/C26H30N4O6S2.C2HF3O2/c1-18(2)36-25(31)17-30(22-7-5-6-21(16-22)26(27)28)37(32,33)15-14-19-10-12-20(13-11-19)23-8-3-4-9-24(23)38(29,34)35;3-2(4,5)1(6)7/h3-13,16,18H,14-15,17H2,1-2H3,(H3,27,28)(H2,29,34,35);(H,6,7). The molecule has 0 bridgehead atoms. The van der Waals surface area contributed by atoms with Gasteiger partial charge in [0.2, 0.25) is 20.0 Å². The first-order valence-electron chi connectivity index (χ1n) is 12.9. The maximum absolute atomic E-state index is 13.4. The van der Waals surface area contributed by atoms with Crippen LogP contribution in [-0.2, 0) is 40.8 Å². The summed E-state index contributed by atoms with van der Waals surface area (Å²) in [5, 5.41) is 20.1. The van der Waals surface area contributed by atoms with Gasteiger partial charge in [0, 0.05) is 11.1 Å². The summed E-state index contributed by atoms with van der Waals surface area (Å²) in [6.45, 7) is 2.79. The lowest BCUT2D eigenvalue weighted by atomic mass is 10.0. The van der Waals surface area contributed by atoms with Crippen molar-refractivity contribution in [2.45, 2.75) is 37.4 Å². The molecule has 244 valence electrons. The van der Waals surface area contributed by atoms with Crippen molar-refractivity contribution in [2.75, 3.05) is 16.6 Å². The number of nitrogens with two attached hydrogens (primary N) is 2. The fourth-order valence-electron chi connectivity index (χ4n) is 3.76. The molecule has 0 radical (unpaired) electrons. The first kappa shape index (κ1) is 36.7. The second-order valence-electron chi connectivity index (χ2n) is 9.62. The molecule has 6 N–H and O–H groups in total. The number of ether oxygens (including phenoxy) is 1. The minimum Gasteiger partial charge on any atom is -0.475 e. The molecule has 17 heteroatoms. The maximum atomic E-state index is 13.4. The van der Waals surface area contributed by atoms with Gasteiger partial charge in [0.1, 0.15) is 12.4 Å². The molecule has 0 atom stereocenters. The largest absolute Gasteiger partial charge is 0.490 e.